The summed E-state index contributed by atoms with van der Waals surface area (Å²) in [7, 11) is 0. The second kappa shape index (κ2) is 7.25. The van der Waals surface area contributed by atoms with E-state index in [1.165, 1.54) is 44.1 Å². The number of benzene rings is 1. The number of alkyl halides is 2. The molecule has 1 N–H and O–H groups in total. The molecular weight excluding hydrogens is 300 g/mol. The molecule has 2 saturated heterocycles. The molecule has 0 aromatic heterocycles. The summed E-state index contributed by atoms with van der Waals surface area (Å²) in [5.74, 6) is 0.520. The number of halogens is 2. The summed E-state index contributed by atoms with van der Waals surface area (Å²) in [6.07, 6.45) is 1.04. The maximum Gasteiger partial charge on any atom is 0.321 e. The summed E-state index contributed by atoms with van der Waals surface area (Å²) in [6, 6.07) is 5.68. The Kier molecular flexibility index (Phi) is 5.10. The van der Waals surface area contributed by atoms with Crippen molar-refractivity contribution in [1.29, 1.82) is 0 Å². The molecule has 0 spiro atoms. The zero-order valence-corrected chi connectivity index (χ0v) is 13.2. The van der Waals surface area contributed by atoms with Crippen molar-refractivity contribution in [3.8, 4) is 0 Å². The van der Waals surface area contributed by atoms with Crippen molar-refractivity contribution in [2.24, 2.45) is 5.92 Å². The Bertz CT molecular complexity index is 546. The van der Waals surface area contributed by atoms with Gasteiger partial charge in [-0.05, 0) is 50.4 Å². The van der Waals surface area contributed by atoms with Gasteiger partial charge in [-0.3, -0.25) is 0 Å². The third-order valence-corrected chi connectivity index (χ3v) is 4.68. The molecule has 0 saturated carbocycles. The van der Waals surface area contributed by atoms with Crippen LogP contribution in [0.5, 0.6) is 0 Å². The molecule has 2 heterocycles. The lowest BCUT2D eigenvalue weighted by Gasteiger charge is -2.21. The molecule has 6 heteroatoms. The summed E-state index contributed by atoms with van der Waals surface area (Å²) in [5, 5.41) is 2.73. The summed E-state index contributed by atoms with van der Waals surface area (Å²) >= 11 is 0. The Morgan fingerprint density at radius 1 is 1.26 bits per heavy atom. The van der Waals surface area contributed by atoms with E-state index in [4.69, 9.17) is 0 Å². The van der Waals surface area contributed by atoms with Crippen LogP contribution in [-0.4, -0.2) is 48.6 Å². The molecule has 0 radical (unpaired) electrons. The zero-order valence-electron chi connectivity index (χ0n) is 13.2. The number of urea groups is 1. The van der Waals surface area contributed by atoms with Crippen LogP contribution in [0.2, 0.25) is 0 Å². The highest BCUT2D eigenvalue weighted by atomic mass is 19.3. The van der Waals surface area contributed by atoms with Crippen molar-refractivity contribution in [2.45, 2.75) is 25.7 Å². The number of likely N-dealkylation sites (tertiary alicyclic amines) is 2. The predicted octanol–water partition coefficient (Wildman–Crippen LogP) is 3.57. The monoisotopic (exact) mass is 323 g/mol. The number of amides is 2. The molecule has 2 fully saturated rings. The van der Waals surface area contributed by atoms with Gasteiger partial charge in [0.15, 0.2) is 0 Å². The third kappa shape index (κ3) is 4.19. The van der Waals surface area contributed by atoms with E-state index in [2.05, 4.69) is 10.2 Å². The topological polar surface area (TPSA) is 35.6 Å². The van der Waals surface area contributed by atoms with Crippen molar-refractivity contribution in [1.82, 2.24) is 9.80 Å². The number of hydrogen-bond acceptors (Lipinski definition) is 2. The molecule has 1 atom stereocenters. The molecule has 0 aliphatic carbocycles. The SMILES string of the molecule is O=C(Nc1cccc(C(F)F)c1)N1CCC(CN2CCCC2)C1. The second-order valence-corrected chi connectivity index (χ2v) is 6.46. The Morgan fingerprint density at radius 3 is 2.78 bits per heavy atom. The Hall–Kier alpha value is -1.69. The Labute approximate surface area is 135 Å². The first-order valence-electron chi connectivity index (χ1n) is 8.28. The molecule has 1 unspecified atom stereocenters. The largest absolute Gasteiger partial charge is 0.324 e. The third-order valence-electron chi connectivity index (χ3n) is 4.68. The maximum atomic E-state index is 12.7. The predicted molar refractivity (Wildman–Crippen MR) is 85.8 cm³/mol. The van der Waals surface area contributed by atoms with Crippen LogP contribution >= 0.6 is 0 Å². The summed E-state index contributed by atoms with van der Waals surface area (Å²) in [5.41, 5.74) is 0.354. The first-order valence-corrected chi connectivity index (χ1v) is 8.28. The smallest absolute Gasteiger partial charge is 0.321 e. The highest BCUT2D eigenvalue weighted by Gasteiger charge is 2.28. The average Bonchev–Trinajstić information content (AvgIpc) is 3.20. The van der Waals surface area contributed by atoms with Crippen LogP contribution in [0.1, 0.15) is 31.3 Å². The first kappa shape index (κ1) is 16.2. The van der Waals surface area contributed by atoms with E-state index in [0.717, 1.165) is 26.1 Å². The number of carbonyl (C=O) groups excluding carboxylic acids is 1. The molecule has 1 aromatic rings. The van der Waals surface area contributed by atoms with Crippen molar-refractivity contribution in [3.05, 3.63) is 29.8 Å². The molecule has 3 rings (SSSR count). The fraction of sp³-hybridized carbons (Fsp3) is 0.588. The zero-order chi connectivity index (χ0) is 16.2. The van der Waals surface area contributed by atoms with E-state index in [1.807, 2.05) is 0 Å². The van der Waals surface area contributed by atoms with Crippen molar-refractivity contribution >= 4 is 11.7 Å². The molecular formula is C17H23F2N3O. The molecule has 1 aromatic carbocycles. The minimum absolute atomic E-state index is 0.0730. The van der Waals surface area contributed by atoms with Gasteiger partial charge in [-0.15, -0.1) is 0 Å². The van der Waals surface area contributed by atoms with Gasteiger partial charge in [0.05, 0.1) is 0 Å². The van der Waals surface area contributed by atoms with E-state index in [9.17, 15) is 13.6 Å². The van der Waals surface area contributed by atoms with Crippen LogP contribution in [0.15, 0.2) is 24.3 Å². The summed E-state index contributed by atoms with van der Waals surface area (Å²) in [4.78, 5) is 16.6. The van der Waals surface area contributed by atoms with E-state index >= 15 is 0 Å². The lowest BCUT2D eigenvalue weighted by Crippen LogP contribution is -2.34. The van der Waals surface area contributed by atoms with Gasteiger partial charge in [0.25, 0.3) is 6.43 Å². The van der Waals surface area contributed by atoms with Crippen LogP contribution in [0, 0.1) is 5.92 Å². The number of carbonyl (C=O) groups is 1. The number of anilines is 1. The van der Waals surface area contributed by atoms with Crippen LogP contribution < -0.4 is 5.32 Å². The van der Waals surface area contributed by atoms with Crippen LogP contribution in [0.3, 0.4) is 0 Å². The van der Waals surface area contributed by atoms with Gasteiger partial charge in [-0.1, -0.05) is 12.1 Å². The molecule has 2 aliphatic heterocycles. The van der Waals surface area contributed by atoms with Crippen molar-refractivity contribution in [2.75, 3.05) is 38.0 Å². The molecule has 23 heavy (non-hydrogen) atoms. The molecule has 4 nitrogen and oxygen atoms in total. The lowest BCUT2D eigenvalue weighted by atomic mass is 10.1. The van der Waals surface area contributed by atoms with Crippen molar-refractivity contribution in [3.63, 3.8) is 0 Å². The van der Waals surface area contributed by atoms with Gasteiger partial charge in [-0.25, -0.2) is 13.6 Å². The highest BCUT2D eigenvalue weighted by Crippen LogP contribution is 2.23. The van der Waals surface area contributed by atoms with Gasteiger partial charge in [0.1, 0.15) is 0 Å². The highest BCUT2D eigenvalue weighted by molar-refractivity contribution is 5.89. The molecule has 2 aliphatic rings. The van der Waals surface area contributed by atoms with E-state index < -0.39 is 6.43 Å². The van der Waals surface area contributed by atoms with Crippen LogP contribution in [0.4, 0.5) is 19.3 Å². The number of nitrogens with one attached hydrogen (secondary N) is 1. The molecule has 0 bridgehead atoms. The quantitative estimate of drug-likeness (QED) is 0.919. The molecule has 126 valence electrons. The minimum Gasteiger partial charge on any atom is -0.324 e. The van der Waals surface area contributed by atoms with Crippen LogP contribution in [0.25, 0.3) is 0 Å². The number of nitrogens with zero attached hydrogens (tertiary/aromatic N) is 2. The standard InChI is InChI=1S/C17H23F2N3O/c18-16(19)14-4-3-5-15(10-14)20-17(23)22-9-6-13(12-22)11-21-7-1-2-8-21/h3-5,10,13,16H,1-2,6-9,11-12H2,(H,20,23). The summed E-state index contributed by atoms with van der Waals surface area (Å²) in [6.45, 7) is 4.88. The van der Waals surface area contributed by atoms with Crippen molar-refractivity contribution < 1.29 is 13.6 Å². The normalized spacial score (nSPS) is 22.0. The van der Waals surface area contributed by atoms with Gasteiger partial charge < -0.3 is 15.1 Å². The summed E-state index contributed by atoms with van der Waals surface area (Å²) < 4.78 is 25.4. The van der Waals surface area contributed by atoms with Gasteiger partial charge in [0.2, 0.25) is 0 Å². The van der Waals surface area contributed by atoms with E-state index in [1.54, 1.807) is 11.0 Å². The Morgan fingerprint density at radius 2 is 2.04 bits per heavy atom. The van der Waals surface area contributed by atoms with E-state index in [-0.39, 0.29) is 11.6 Å². The number of rotatable bonds is 4. The first-order chi connectivity index (χ1) is 11.1. The Balaban J connectivity index is 1.51. The molecule has 2 amide bonds. The second-order valence-electron chi connectivity index (χ2n) is 6.46. The van der Waals surface area contributed by atoms with Gasteiger partial charge >= 0.3 is 6.03 Å². The van der Waals surface area contributed by atoms with Gasteiger partial charge in [0, 0.05) is 30.9 Å². The average molecular weight is 323 g/mol. The van der Waals surface area contributed by atoms with Crippen LogP contribution in [-0.2, 0) is 0 Å². The maximum absolute atomic E-state index is 12.7. The fourth-order valence-corrected chi connectivity index (χ4v) is 3.45. The number of hydrogen-bond donors (Lipinski definition) is 1. The lowest BCUT2D eigenvalue weighted by molar-refractivity contribution is 0.151. The van der Waals surface area contributed by atoms with Gasteiger partial charge in [-0.2, -0.15) is 0 Å². The van der Waals surface area contributed by atoms with E-state index in [0.29, 0.717) is 11.6 Å². The minimum atomic E-state index is -2.52. The fourth-order valence-electron chi connectivity index (χ4n) is 3.45.